The Morgan fingerprint density at radius 1 is 1.67 bits per heavy atom. The van der Waals surface area contributed by atoms with Crippen molar-refractivity contribution in [2.45, 2.75) is 20.3 Å². The molecule has 12 heavy (non-hydrogen) atoms. The summed E-state index contributed by atoms with van der Waals surface area (Å²) in [4.78, 5) is 10.7. The molecule has 1 atom stereocenters. The van der Waals surface area contributed by atoms with Crippen molar-refractivity contribution in [1.29, 1.82) is 0 Å². The van der Waals surface area contributed by atoms with E-state index in [1.54, 1.807) is 13.0 Å². The number of aliphatic hydroxyl groups is 1. The maximum atomic E-state index is 10.7. The normalized spacial score (nSPS) is 13.2. The van der Waals surface area contributed by atoms with Crippen LogP contribution in [-0.2, 0) is 9.53 Å². The maximum absolute atomic E-state index is 10.7. The van der Waals surface area contributed by atoms with E-state index in [1.165, 1.54) is 6.08 Å². The fraction of sp³-hybridized carbons (Fsp3) is 0.667. The Kier molecular flexibility index (Phi) is 6.38. The van der Waals surface area contributed by atoms with E-state index >= 15 is 0 Å². The van der Waals surface area contributed by atoms with Gasteiger partial charge in [0, 0.05) is 12.7 Å². The lowest BCUT2D eigenvalue weighted by molar-refractivity contribution is -0.137. The van der Waals surface area contributed by atoms with Gasteiger partial charge in [0.1, 0.15) is 0 Å². The molecule has 0 radical (unpaired) electrons. The zero-order valence-corrected chi connectivity index (χ0v) is 7.62. The molecule has 3 nitrogen and oxygen atoms in total. The molecule has 0 aliphatic carbocycles. The second-order valence-corrected chi connectivity index (χ2v) is 2.68. The van der Waals surface area contributed by atoms with E-state index in [2.05, 4.69) is 4.74 Å². The monoisotopic (exact) mass is 172 g/mol. The Labute approximate surface area is 73.0 Å². The Hall–Kier alpha value is -0.830. The first-order valence-electron chi connectivity index (χ1n) is 4.14. The van der Waals surface area contributed by atoms with E-state index in [1.807, 2.05) is 6.92 Å². The number of rotatable bonds is 5. The van der Waals surface area contributed by atoms with E-state index in [9.17, 15) is 4.79 Å². The van der Waals surface area contributed by atoms with Gasteiger partial charge in [-0.05, 0) is 19.3 Å². The predicted molar refractivity (Wildman–Crippen MR) is 46.6 cm³/mol. The van der Waals surface area contributed by atoms with E-state index < -0.39 is 0 Å². The minimum absolute atomic E-state index is 0.146. The summed E-state index contributed by atoms with van der Waals surface area (Å²) in [6.07, 6.45) is 3.82. The molecule has 0 aromatic rings. The van der Waals surface area contributed by atoms with Crippen LogP contribution in [0.2, 0.25) is 0 Å². The number of carbonyl (C=O) groups excluding carboxylic acids is 1. The van der Waals surface area contributed by atoms with E-state index in [4.69, 9.17) is 5.11 Å². The topological polar surface area (TPSA) is 46.5 Å². The minimum atomic E-state index is -0.317. The molecule has 0 rings (SSSR count). The highest BCUT2D eigenvalue weighted by molar-refractivity contribution is 5.81. The number of hydrogen-bond donors (Lipinski definition) is 1. The predicted octanol–water partition coefficient (Wildman–Crippen LogP) is 1.12. The molecule has 0 saturated carbocycles. The number of aliphatic hydroxyl groups excluding tert-OH is 1. The summed E-state index contributed by atoms with van der Waals surface area (Å²) in [5.74, 6) is -0.113. The molecule has 0 aromatic heterocycles. The van der Waals surface area contributed by atoms with Crippen LogP contribution in [0.5, 0.6) is 0 Å². The van der Waals surface area contributed by atoms with Crippen LogP contribution in [0.4, 0.5) is 0 Å². The zero-order valence-electron chi connectivity index (χ0n) is 7.62. The van der Waals surface area contributed by atoms with Gasteiger partial charge in [-0.15, -0.1) is 0 Å². The summed E-state index contributed by atoms with van der Waals surface area (Å²) < 4.78 is 4.67. The van der Waals surface area contributed by atoms with Crippen molar-refractivity contribution in [2.75, 3.05) is 13.2 Å². The second kappa shape index (κ2) is 6.85. The van der Waals surface area contributed by atoms with Crippen molar-refractivity contribution >= 4 is 5.97 Å². The van der Waals surface area contributed by atoms with Gasteiger partial charge in [0.2, 0.25) is 0 Å². The number of esters is 1. The van der Waals surface area contributed by atoms with E-state index in [0.717, 1.165) is 0 Å². The smallest absolute Gasteiger partial charge is 0.330 e. The van der Waals surface area contributed by atoms with Gasteiger partial charge in [-0.25, -0.2) is 4.79 Å². The van der Waals surface area contributed by atoms with Crippen molar-refractivity contribution in [1.82, 2.24) is 0 Å². The number of hydrogen-bond acceptors (Lipinski definition) is 3. The molecule has 0 saturated heterocycles. The Morgan fingerprint density at radius 2 is 2.33 bits per heavy atom. The third kappa shape index (κ3) is 5.92. The fourth-order valence-corrected chi connectivity index (χ4v) is 0.661. The molecular weight excluding hydrogens is 156 g/mol. The lowest BCUT2D eigenvalue weighted by Crippen LogP contribution is -2.01. The third-order valence-electron chi connectivity index (χ3n) is 1.39. The first kappa shape index (κ1) is 11.2. The van der Waals surface area contributed by atoms with Gasteiger partial charge < -0.3 is 9.84 Å². The molecular formula is C9H16O3. The molecule has 70 valence electrons. The summed E-state index contributed by atoms with van der Waals surface area (Å²) in [6, 6.07) is 0. The average molecular weight is 172 g/mol. The van der Waals surface area contributed by atoms with Crippen molar-refractivity contribution in [3.8, 4) is 0 Å². The summed E-state index contributed by atoms with van der Waals surface area (Å²) in [5, 5.41) is 8.65. The van der Waals surface area contributed by atoms with Gasteiger partial charge >= 0.3 is 5.97 Å². The zero-order chi connectivity index (χ0) is 9.40. The van der Waals surface area contributed by atoms with Crippen LogP contribution >= 0.6 is 0 Å². The Bertz CT molecular complexity index is 152. The van der Waals surface area contributed by atoms with Gasteiger partial charge in [-0.2, -0.15) is 0 Å². The molecule has 0 aromatic carbocycles. The lowest BCUT2D eigenvalue weighted by atomic mass is 10.1. The Morgan fingerprint density at radius 3 is 2.83 bits per heavy atom. The molecule has 0 heterocycles. The fourth-order valence-electron chi connectivity index (χ4n) is 0.661. The van der Waals surface area contributed by atoms with Gasteiger partial charge in [0.25, 0.3) is 0 Å². The largest absolute Gasteiger partial charge is 0.463 e. The number of allylic oxidation sites excluding steroid dienone is 1. The van der Waals surface area contributed by atoms with Gasteiger partial charge in [0.05, 0.1) is 6.61 Å². The summed E-state index contributed by atoms with van der Waals surface area (Å²) >= 11 is 0. The second-order valence-electron chi connectivity index (χ2n) is 2.68. The molecule has 0 fully saturated rings. The quantitative estimate of drug-likeness (QED) is 0.499. The summed E-state index contributed by atoms with van der Waals surface area (Å²) in [7, 11) is 0. The molecule has 3 heteroatoms. The minimum Gasteiger partial charge on any atom is -0.463 e. The average Bonchev–Trinajstić information content (AvgIpc) is 2.04. The molecule has 1 N–H and O–H groups in total. The molecule has 0 bridgehead atoms. The van der Waals surface area contributed by atoms with Crippen LogP contribution in [0.15, 0.2) is 12.2 Å². The van der Waals surface area contributed by atoms with E-state index in [0.29, 0.717) is 13.0 Å². The first-order chi connectivity index (χ1) is 5.70. The highest BCUT2D eigenvalue weighted by Gasteiger charge is 1.97. The van der Waals surface area contributed by atoms with Gasteiger partial charge in [-0.1, -0.05) is 13.0 Å². The van der Waals surface area contributed by atoms with Crippen molar-refractivity contribution in [3.63, 3.8) is 0 Å². The van der Waals surface area contributed by atoms with Crippen LogP contribution in [-0.4, -0.2) is 24.3 Å². The van der Waals surface area contributed by atoms with Gasteiger partial charge in [0.15, 0.2) is 0 Å². The molecule has 0 aliphatic rings. The lowest BCUT2D eigenvalue weighted by Gasteiger charge is -2.01. The Balaban J connectivity index is 3.54. The maximum Gasteiger partial charge on any atom is 0.330 e. The van der Waals surface area contributed by atoms with Crippen LogP contribution in [0.3, 0.4) is 0 Å². The number of ether oxygens (including phenoxy) is 1. The van der Waals surface area contributed by atoms with Crippen molar-refractivity contribution < 1.29 is 14.6 Å². The van der Waals surface area contributed by atoms with Gasteiger partial charge in [-0.3, -0.25) is 0 Å². The molecule has 0 aliphatic heterocycles. The number of carbonyl (C=O) groups is 1. The molecule has 0 spiro atoms. The van der Waals surface area contributed by atoms with Crippen LogP contribution in [0, 0.1) is 5.92 Å². The van der Waals surface area contributed by atoms with Crippen molar-refractivity contribution in [2.24, 2.45) is 5.92 Å². The standard InChI is InChI=1S/C9H16O3/c1-3-12-9(11)6-4-5-8(2)7-10/h4,6,8,10H,3,5,7H2,1-2H3/b6-4+/t8-/m0/s1. The molecule has 0 unspecified atom stereocenters. The van der Waals surface area contributed by atoms with Crippen molar-refractivity contribution in [3.05, 3.63) is 12.2 Å². The molecule has 0 amide bonds. The van der Waals surface area contributed by atoms with Crippen LogP contribution < -0.4 is 0 Å². The van der Waals surface area contributed by atoms with E-state index in [-0.39, 0.29) is 18.5 Å². The highest BCUT2D eigenvalue weighted by Crippen LogP contribution is 2.00. The first-order valence-corrected chi connectivity index (χ1v) is 4.14. The third-order valence-corrected chi connectivity index (χ3v) is 1.39. The van der Waals surface area contributed by atoms with Crippen LogP contribution in [0.1, 0.15) is 20.3 Å². The summed E-state index contributed by atoms with van der Waals surface area (Å²) in [6.45, 7) is 4.23. The SMILES string of the molecule is CCOC(=O)/C=C/C[C@H](C)CO. The summed E-state index contributed by atoms with van der Waals surface area (Å²) in [5.41, 5.74) is 0. The van der Waals surface area contributed by atoms with Crippen LogP contribution in [0.25, 0.3) is 0 Å². The highest BCUT2D eigenvalue weighted by atomic mass is 16.5.